The van der Waals surface area contributed by atoms with Crippen LogP contribution in [0.15, 0.2) is 60.9 Å². The molecule has 0 aliphatic rings. The van der Waals surface area contributed by atoms with E-state index in [1.165, 1.54) is 18.3 Å². The van der Waals surface area contributed by atoms with Gasteiger partial charge in [0.1, 0.15) is 11.9 Å². The van der Waals surface area contributed by atoms with E-state index >= 15 is 0 Å². The lowest BCUT2D eigenvalue weighted by atomic mass is 10.0. The first-order chi connectivity index (χ1) is 12.1. The van der Waals surface area contributed by atoms with Gasteiger partial charge in [0, 0.05) is 43.4 Å². The molecular weight excluding hydrogens is 315 g/mol. The molecule has 3 rings (SSSR count). The van der Waals surface area contributed by atoms with Crippen LogP contribution in [0.2, 0.25) is 0 Å². The fraction of sp³-hybridized carbons (Fsp3) is 0.100. The van der Waals surface area contributed by atoms with Crippen LogP contribution in [0.4, 0.5) is 21.5 Å². The molecule has 0 atom stereocenters. The minimum absolute atomic E-state index is 0.338. The Balaban J connectivity index is 2.06. The van der Waals surface area contributed by atoms with Crippen LogP contribution < -0.4 is 10.2 Å². The lowest BCUT2D eigenvalue weighted by molar-refractivity contribution is 0.628. The molecule has 2 aromatic carbocycles. The number of nitrogens with zero attached hydrogens (tertiary/aromatic N) is 3. The van der Waals surface area contributed by atoms with E-state index in [-0.39, 0.29) is 5.82 Å². The van der Waals surface area contributed by atoms with Crippen molar-refractivity contribution in [3.63, 3.8) is 0 Å². The third kappa shape index (κ3) is 3.59. The van der Waals surface area contributed by atoms with Gasteiger partial charge in [0.2, 0.25) is 0 Å². The summed E-state index contributed by atoms with van der Waals surface area (Å²) in [4.78, 5) is 6.18. The maximum atomic E-state index is 13.5. The summed E-state index contributed by atoms with van der Waals surface area (Å²) in [6, 6.07) is 16.2. The Morgan fingerprint density at radius 1 is 1.08 bits per heavy atom. The van der Waals surface area contributed by atoms with Crippen molar-refractivity contribution in [3.05, 3.63) is 72.3 Å². The molecule has 1 heterocycles. The number of pyridine rings is 1. The van der Waals surface area contributed by atoms with Crippen LogP contribution in [-0.4, -0.2) is 19.1 Å². The molecule has 0 aliphatic carbocycles. The van der Waals surface area contributed by atoms with Gasteiger partial charge in [-0.15, -0.1) is 0 Å². The molecule has 0 unspecified atom stereocenters. The lowest BCUT2D eigenvalue weighted by Gasteiger charge is -2.16. The van der Waals surface area contributed by atoms with E-state index in [2.05, 4.69) is 16.4 Å². The predicted octanol–water partition coefficient (Wildman–Crippen LogP) is 4.57. The number of aromatic nitrogens is 1. The van der Waals surface area contributed by atoms with E-state index in [0.29, 0.717) is 16.9 Å². The van der Waals surface area contributed by atoms with Crippen molar-refractivity contribution in [3.8, 4) is 17.2 Å². The highest BCUT2D eigenvalue weighted by atomic mass is 19.1. The van der Waals surface area contributed by atoms with Crippen molar-refractivity contribution < 1.29 is 4.39 Å². The van der Waals surface area contributed by atoms with Gasteiger partial charge < -0.3 is 10.2 Å². The Labute approximate surface area is 146 Å². The summed E-state index contributed by atoms with van der Waals surface area (Å²) < 4.78 is 13.5. The first-order valence-electron chi connectivity index (χ1n) is 7.77. The van der Waals surface area contributed by atoms with Crippen LogP contribution in [-0.2, 0) is 0 Å². The molecule has 0 radical (unpaired) electrons. The smallest absolute Gasteiger partial charge is 0.125 e. The standard InChI is InChI=1S/C20H17FN4/c1-25(2)18-8-6-14(7-9-18)19-13-23-12-15(11-22)20(19)24-17-5-3-4-16(21)10-17/h3-10,12-13H,1-2H3,(H,23,24). The minimum atomic E-state index is -0.338. The molecule has 0 fully saturated rings. The summed E-state index contributed by atoms with van der Waals surface area (Å²) in [6.45, 7) is 0. The third-order valence-electron chi connectivity index (χ3n) is 3.86. The third-order valence-corrected chi connectivity index (χ3v) is 3.86. The normalized spacial score (nSPS) is 10.2. The molecule has 1 aromatic heterocycles. The maximum Gasteiger partial charge on any atom is 0.125 e. The number of anilines is 3. The number of rotatable bonds is 4. The van der Waals surface area contributed by atoms with Gasteiger partial charge in [0.15, 0.2) is 0 Å². The fourth-order valence-corrected chi connectivity index (χ4v) is 2.55. The lowest BCUT2D eigenvalue weighted by Crippen LogP contribution is -2.08. The maximum absolute atomic E-state index is 13.5. The summed E-state index contributed by atoms with van der Waals surface area (Å²) in [5.74, 6) is -0.338. The van der Waals surface area contributed by atoms with E-state index in [1.807, 2.05) is 43.3 Å². The van der Waals surface area contributed by atoms with Crippen molar-refractivity contribution in [2.75, 3.05) is 24.3 Å². The largest absolute Gasteiger partial charge is 0.378 e. The number of hydrogen-bond donors (Lipinski definition) is 1. The monoisotopic (exact) mass is 332 g/mol. The molecule has 4 nitrogen and oxygen atoms in total. The van der Waals surface area contributed by atoms with Crippen LogP contribution >= 0.6 is 0 Å². The molecule has 25 heavy (non-hydrogen) atoms. The first-order valence-corrected chi connectivity index (χ1v) is 7.77. The minimum Gasteiger partial charge on any atom is -0.378 e. The highest BCUT2D eigenvalue weighted by molar-refractivity contribution is 5.84. The highest BCUT2D eigenvalue weighted by Gasteiger charge is 2.12. The number of benzene rings is 2. The van der Waals surface area contributed by atoms with Crippen LogP contribution in [0.3, 0.4) is 0 Å². The van der Waals surface area contributed by atoms with E-state index in [0.717, 1.165) is 16.8 Å². The summed E-state index contributed by atoms with van der Waals surface area (Å²) in [5, 5.41) is 12.6. The quantitative estimate of drug-likeness (QED) is 0.760. The van der Waals surface area contributed by atoms with Crippen LogP contribution in [0.25, 0.3) is 11.1 Å². The molecule has 3 aromatic rings. The zero-order chi connectivity index (χ0) is 17.8. The second-order valence-electron chi connectivity index (χ2n) is 5.80. The van der Waals surface area contributed by atoms with Gasteiger partial charge in [-0.1, -0.05) is 18.2 Å². The Kier molecular flexibility index (Phi) is 4.62. The highest BCUT2D eigenvalue weighted by Crippen LogP contribution is 2.33. The number of halogens is 1. The SMILES string of the molecule is CN(C)c1ccc(-c2cncc(C#N)c2Nc2cccc(F)c2)cc1. The molecule has 0 saturated carbocycles. The number of hydrogen-bond acceptors (Lipinski definition) is 4. The predicted molar refractivity (Wildman–Crippen MR) is 98.4 cm³/mol. The summed E-state index contributed by atoms with van der Waals surface area (Å²) in [6.07, 6.45) is 3.20. The molecule has 5 heteroatoms. The number of nitrogens with one attached hydrogen (secondary N) is 1. The zero-order valence-corrected chi connectivity index (χ0v) is 14.0. The Morgan fingerprint density at radius 2 is 1.84 bits per heavy atom. The molecule has 0 amide bonds. The zero-order valence-electron chi connectivity index (χ0n) is 14.0. The molecule has 0 saturated heterocycles. The Morgan fingerprint density at radius 3 is 2.48 bits per heavy atom. The fourth-order valence-electron chi connectivity index (χ4n) is 2.55. The average molecular weight is 332 g/mol. The van der Waals surface area contributed by atoms with Crippen LogP contribution in [0.5, 0.6) is 0 Å². The van der Waals surface area contributed by atoms with Crippen LogP contribution in [0, 0.1) is 17.1 Å². The molecule has 124 valence electrons. The van der Waals surface area contributed by atoms with Gasteiger partial charge in [-0.3, -0.25) is 4.98 Å². The summed E-state index contributed by atoms with van der Waals surface area (Å²) in [5.41, 5.74) is 4.38. The van der Waals surface area contributed by atoms with E-state index in [4.69, 9.17) is 0 Å². The summed E-state index contributed by atoms with van der Waals surface area (Å²) >= 11 is 0. The topological polar surface area (TPSA) is 52.0 Å². The molecular formula is C20H17FN4. The van der Waals surface area contributed by atoms with Crippen LogP contribution in [0.1, 0.15) is 5.56 Å². The Hall–Kier alpha value is -3.39. The summed E-state index contributed by atoms with van der Waals surface area (Å²) in [7, 11) is 3.95. The first kappa shape index (κ1) is 16.5. The van der Waals surface area contributed by atoms with Gasteiger partial charge in [-0.05, 0) is 35.9 Å². The van der Waals surface area contributed by atoms with Crippen molar-refractivity contribution in [1.82, 2.24) is 4.98 Å². The molecule has 1 N–H and O–H groups in total. The van der Waals surface area contributed by atoms with Gasteiger partial charge >= 0.3 is 0 Å². The second-order valence-corrected chi connectivity index (χ2v) is 5.80. The molecule has 0 bridgehead atoms. The number of nitriles is 1. The Bertz CT molecular complexity index is 927. The molecule has 0 aliphatic heterocycles. The van der Waals surface area contributed by atoms with Gasteiger partial charge in [0.25, 0.3) is 0 Å². The molecule has 0 spiro atoms. The van der Waals surface area contributed by atoms with E-state index in [9.17, 15) is 9.65 Å². The van der Waals surface area contributed by atoms with Gasteiger partial charge in [-0.2, -0.15) is 5.26 Å². The van der Waals surface area contributed by atoms with Crippen molar-refractivity contribution >= 4 is 17.1 Å². The average Bonchev–Trinajstić information content (AvgIpc) is 2.62. The van der Waals surface area contributed by atoms with Crippen molar-refractivity contribution in [1.29, 1.82) is 5.26 Å². The van der Waals surface area contributed by atoms with E-state index < -0.39 is 0 Å². The van der Waals surface area contributed by atoms with Crippen molar-refractivity contribution in [2.24, 2.45) is 0 Å². The van der Waals surface area contributed by atoms with E-state index in [1.54, 1.807) is 18.3 Å². The van der Waals surface area contributed by atoms with Gasteiger partial charge in [0.05, 0.1) is 11.3 Å². The van der Waals surface area contributed by atoms with Gasteiger partial charge in [-0.25, -0.2) is 4.39 Å². The van der Waals surface area contributed by atoms with Crippen molar-refractivity contribution in [2.45, 2.75) is 0 Å². The second kappa shape index (κ2) is 7.02.